The minimum atomic E-state index is 1.31. The maximum Gasteiger partial charge on any atom is -0.00141 e. The summed E-state index contributed by atoms with van der Waals surface area (Å²) in [4.78, 5) is 0. The lowest BCUT2D eigenvalue weighted by Crippen LogP contribution is -1.88. The molecule has 0 aliphatic rings. The fraction of sp³-hybridized carbons (Fsp3) is 0. The van der Waals surface area contributed by atoms with E-state index in [4.69, 9.17) is 0 Å². The first-order chi connectivity index (χ1) is 23.8. The number of hydrogen-bond acceptors (Lipinski definition) is 0. The maximum atomic E-state index is 2.33. The summed E-state index contributed by atoms with van der Waals surface area (Å²) in [7, 11) is 0. The summed E-state index contributed by atoms with van der Waals surface area (Å²) >= 11 is 0. The third-order valence-corrected chi connectivity index (χ3v) is 10.7. The fourth-order valence-electron chi connectivity index (χ4n) is 8.80. The molecule has 0 aliphatic heterocycles. The Balaban J connectivity index is 0.000000117. The summed E-state index contributed by atoms with van der Waals surface area (Å²) < 4.78 is 0. The van der Waals surface area contributed by atoms with Gasteiger partial charge in [0.2, 0.25) is 0 Å². The van der Waals surface area contributed by atoms with Crippen LogP contribution in [0, 0.1) is 0 Å². The van der Waals surface area contributed by atoms with Crippen LogP contribution in [0.4, 0.5) is 0 Å². The molecule has 0 heterocycles. The zero-order valence-electron chi connectivity index (χ0n) is 26.2. The van der Waals surface area contributed by atoms with E-state index in [1.807, 2.05) is 0 Å². The van der Waals surface area contributed by atoms with Gasteiger partial charge in [-0.3, -0.25) is 0 Å². The molecule has 0 heteroatoms. The van der Waals surface area contributed by atoms with Crippen LogP contribution in [0.25, 0.3) is 108 Å². The molecule has 0 atom stereocenters. The van der Waals surface area contributed by atoms with Gasteiger partial charge < -0.3 is 0 Å². The van der Waals surface area contributed by atoms with Gasteiger partial charge in [-0.05, 0) is 120 Å². The molecule has 0 aromatic heterocycles. The Bertz CT molecular complexity index is 2990. The van der Waals surface area contributed by atoms with Gasteiger partial charge in [0.25, 0.3) is 0 Å². The number of fused-ring (bicyclic) bond motifs is 8. The quantitative estimate of drug-likeness (QED) is 0.119. The number of benzene rings is 12. The summed E-state index contributed by atoms with van der Waals surface area (Å²) in [5.41, 5.74) is 0. The summed E-state index contributed by atoms with van der Waals surface area (Å²) in [6.45, 7) is 0. The van der Waals surface area contributed by atoms with E-state index < -0.39 is 0 Å². The Morgan fingerprint density at radius 1 is 0.167 bits per heavy atom. The topological polar surface area (TPSA) is 0 Å². The highest BCUT2D eigenvalue weighted by Crippen LogP contribution is 2.44. The molecule has 0 saturated heterocycles. The predicted octanol–water partition coefficient (Wildman–Crippen LogP) is 13.8. The molecule has 0 unspecified atom stereocenters. The maximum absolute atomic E-state index is 2.33. The van der Waals surface area contributed by atoms with E-state index in [1.54, 1.807) is 0 Å². The molecule has 0 spiro atoms. The Morgan fingerprint density at radius 3 is 0.875 bits per heavy atom. The Morgan fingerprint density at radius 2 is 0.458 bits per heavy atom. The number of hydrogen-bond donors (Lipinski definition) is 0. The Hall–Kier alpha value is -6.24. The molecule has 48 heavy (non-hydrogen) atoms. The first kappa shape index (κ1) is 25.9. The first-order valence-corrected chi connectivity index (χ1v) is 16.8. The molecule has 0 radical (unpaired) electrons. The lowest BCUT2D eigenvalue weighted by molar-refractivity contribution is 1.78. The number of rotatable bonds is 0. The zero-order valence-corrected chi connectivity index (χ0v) is 26.2. The SMILES string of the molecule is c1ccc2c(c1)cc1cccc3c4cccc5cccc(c54)c2c13.c1ccc2c(c1)cc1cccc3c4cccc5cccc(c54)c2c13. The summed E-state index contributed by atoms with van der Waals surface area (Å²) in [6.07, 6.45) is 0. The van der Waals surface area contributed by atoms with Crippen LogP contribution in [0.3, 0.4) is 0 Å². The van der Waals surface area contributed by atoms with Gasteiger partial charge in [-0.2, -0.15) is 0 Å². The average molecular weight is 605 g/mol. The van der Waals surface area contributed by atoms with Crippen molar-refractivity contribution >= 4 is 108 Å². The van der Waals surface area contributed by atoms with Gasteiger partial charge in [0.1, 0.15) is 0 Å². The van der Waals surface area contributed by atoms with E-state index in [1.165, 1.54) is 108 Å². The Labute approximate surface area is 276 Å². The van der Waals surface area contributed by atoms with Crippen molar-refractivity contribution in [3.05, 3.63) is 170 Å². The fourth-order valence-corrected chi connectivity index (χ4v) is 8.80. The van der Waals surface area contributed by atoms with Gasteiger partial charge in [0, 0.05) is 0 Å². The van der Waals surface area contributed by atoms with Gasteiger partial charge in [0.15, 0.2) is 0 Å². The molecule has 12 aromatic carbocycles. The normalized spacial score (nSPS) is 12.2. The van der Waals surface area contributed by atoms with Crippen LogP contribution in [0.2, 0.25) is 0 Å². The third-order valence-electron chi connectivity index (χ3n) is 10.7. The largest absolute Gasteiger partial charge is 0.0616 e. The van der Waals surface area contributed by atoms with Crippen molar-refractivity contribution in [2.45, 2.75) is 0 Å². The lowest BCUT2D eigenvalue weighted by atomic mass is 9.87. The highest BCUT2D eigenvalue weighted by molar-refractivity contribution is 6.39. The second-order valence-corrected chi connectivity index (χ2v) is 13.2. The summed E-state index contributed by atoms with van der Waals surface area (Å²) in [6, 6.07) is 62.2. The molecule has 12 rings (SSSR count). The van der Waals surface area contributed by atoms with Crippen LogP contribution in [-0.2, 0) is 0 Å². The van der Waals surface area contributed by atoms with Crippen molar-refractivity contribution in [1.82, 2.24) is 0 Å². The molecule has 0 N–H and O–H groups in total. The van der Waals surface area contributed by atoms with Crippen molar-refractivity contribution in [3.8, 4) is 0 Å². The van der Waals surface area contributed by atoms with Crippen LogP contribution >= 0.6 is 0 Å². The molecular formula is C48H28. The molecule has 0 amide bonds. The minimum Gasteiger partial charge on any atom is -0.0616 e. The molecule has 0 saturated carbocycles. The van der Waals surface area contributed by atoms with E-state index in [0.29, 0.717) is 0 Å². The van der Waals surface area contributed by atoms with E-state index >= 15 is 0 Å². The molecule has 220 valence electrons. The smallest absolute Gasteiger partial charge is 0.00141 e. The van der Waals surface area contributed by atoms with Crippen molar-refractivity contribution in [1.29, 1.82) is 0 Å². The first-order valence-electron chi connectivity index (χ1n) is 16.8. The average Bonchev–Trinajstić information content (AvgIpc) is 3.15. The van der Waals surface area contributed by atoms with E-state index in [2.05, 4.69) is 170 Å². The van der Waals surface area contributed by atoms with E-state index in [9.17, 15) is 0 Å². The van der Waals surface area contributed by atoms with Crippen molar-refractivity contribution in [3.63, 3.8) is 0 Å². The molecule has 0 bridgehead atoms. The van der Waals surface area contributed by atoms with Gasteiger partial charge in [-0.15, -0.1) is 0 Å². The van der Waals surface area contributed by atoms with Gasteiger partial charge in [0.05, 0.1) is 0 Å². The van der Waals surface area contributed by atoms with Crippen LogP contribution in [0.1, 0.15) is 0 Å². The van der Waals surface area contributed by atoms with E-state index in [0.717, 1.165) is 0 Å². The van der Waals surface area contributed by atoms with Crippen molar-refractivity contribution in [2.75, 3.05) is 0 Å². The summed E-state index contributed by atoms with van der Waals surface area (Å²) in [5, 5.41) is 27.1. The van der Waals surface area contributed by atoms with Crippen LogP contribution in [0.5, 0.6) is 0 Å². The Kier molecular flexibility index (Phi) is 5.20. The zero-order chi connectivity index (χ0) is 31.3. The highest BCUT2D eigenvalue weighted by Gasteiger charge is 2.16. The van der Waals surface area contributed by atoms with Crippen LogP contribution in [-0.4, -0.2) is 0 Å². The van der Waals surface area contributed by atoms with Crippen LogP contribution in [0.15, 0.2) is 170 Å². The predicted molar refractivity (Wildman–Crippen MR) is 210 cm³/mol. The molecule has 0 fully saturated rings. The molecular weight excluding hydrogens is 577 g/mol. The summed E-state index contributed by atoms with van der Waals surface area (Å²) in [5.74, 6) is 0. The molecule has 0 nitrogen and oxygen atoms in total. The molecule has 0 aliphatic carbocycles. The van der Waals surface area contributed by atoms with Crippen molar-refractivity contribution in [2.24, 2.45) is 0 Å². The highest BCUT2D eigenvalue weighted by atomic mass is 14.2. The van der Waals surface area contributed by atoms with Crippen LogP contribution < -0.4 is 0 Å². The minimum absolute atomic E-state index is 1.31. The van der Waals surface area contributed by atoms with Gasteiger partial charge in [-0.25, -0.2) is 0 Å². The van der Waals surface area contributed by atoms with Gasteiger partial charge in [-0.1, -0.05) is 158 Å². The second-order valence-electron chi connectivity index (χ2n) is 13.2. The second kappa shape index (κ2) is 9.64. The molecule has 12 aromatic rings. The third kappa shape index (κ3) is 3.44. The van der Waals surface area contributed by atoms with E-state index in [-0.39, 0.29) is 0 Å². The van der Waals surface area contributed by atoms with Crippen molar-refractivity contribution < 1.29 is 0 Å². The standard InChI is InChI=1S/2C24H14/c2*1-2-10-18-16(6-1)14-17-9-5-12-20-19-11-3-7-15-8-4-13-21(22(15)19)24(18)23(17)20/h2*1-14H. The monoisotopic (exact) mass is 604 g/mol. The van der Waals surface area contributed by atoms with Gasteiger partial charge >= 0.3 is 0 Å². The lowest BCUT2D eigenvalue weighted by Gasteiger charge is -2.16.